The van der Waals surface area contributed by atoms with E-state index in [1.54, 1.807) is 12.1 Å². The van der Waals surface area contributed by atoms with Crippen molar-refractivity contribution < 1.29 is 27.2 Å². The number of hydrogen-bond acceptors (Lipinski definition) is 5. The molecule has 8 heteroatoms. The number of ether oxygens (including phenoxy) is 1. The van der Waals surface area contributed by atoms with Gasteiger partial charge in [-0.15, -0.1) is 0 Å². The van der Waals surface area contributed by atoms with Crippen LogP contribution in [0.25, 0.3) is 11.4 Å². The Labute approximate surface area is 117 Å². The maximum absolute atomic E-state index is 12.4. The summed E-state index contributed by atoms with van der Waals surface area (Å²) in [5.41, 5.74) is 1.09. The molecule has 0 aliphatic rings. The lowest BCUT2D eigenvalue weighted by Gasteiger charge is -2.01. The van der Waals surface area contributed by atoms with Crippen molar-refractivity contribution in [2.24, 2.45) is 0 Å². The number of hydrogen-bond donors (Lipinski definition) is 0. The summed E-state index contributed by atoms with van der Waals surface area (Å²) in [6.07, 6.45) is -4.48. The van der Waals surface area contributed by atoms with Crippen molar-refractivity contribution in [1.29, 1.82) is 0 Å². The van der Waals surface area contributed by atoms with E-state index in [4.69, 9.17) is 4.74 Å². The molecule has 112 valence electrons. The molecule has 5 nitrogen and oxygen atoms in total. The average Bonchev–Trinajstić information content (AvgIpc) is 2.89. The third kappa shape index (κ3) is 3.88. The second-order valence-electron chi connectivity index (χ2n) is 4.27. The number of benzene rings is 1. The zero-order valence-electron chi connectivity index (χ0n) is 11.0. The summed E-state index contributed by atoms with van der Waals surface area (Å²) in [5.74, 6) is -1.64. The van der Waals surface area contributed by atoms with Crippen molar-refractivity contribution in [3.63, 3.8) is 0 Å². The largest absolute Gasteiger partial charge is 0.471 e. The maximum Gasteiger partial charge on any atom is 0.471 e. The van der Waals surface area contributed by atoms with Crippen LogP contribution in [0.15, 0.2) is 28.8 Å². The van der Waals surface area contributed by atoms with Crippen LogP contribution in [0, 0.1) is 0 Å². The molecule has 0 atom stereocenters. The van der Waals surface area contributed by atoms with Crippen LogP contribution in [0.4, 0.5) is 13.2 Å². The smallest absolute Gasteiger partial charge is 0.377 e. The van der Waals surface area contributed by atoms with Crippen molar-refractivity contribution in [2.45, 2.75) is 12.6 Å². The number of ketones is 1. The SMILES string of the molecule is COCC(=O)Cc1ccc(-c2noc(C(F)(F)F)n2)cc1. The van der Waals surface area contributed by atoms with Gasteiger partial charge in [0, 0.05) is 19.1 Å². The number of halogens is 3. The van der Waals surface area contributed by atoms with Crippen molar-refractivity contribution in [3.05, 3.63) is 35.7 Å². The Morgan fingerprint density at radius 3 is 2.48 bits per heavy atom. The van der Waals surface area contributed by atoms with Gasteiger partial charge in [-0.2, -0.15) is 18.2 Å². The molecule has 2 rings (SSSR count). The number of Topliss-reactive ketones (excluding diaryl/α,β-unsaturated/α-hetero) is 1. The van der Waals surface area contributed by atoms with Gasteiger partial charge in [0.05, 0.1) is 0 Å². The third-order valence-electron chi connectivity index (χ3n) is 2.59. The van der Waals surface area contributed by atoms with Crippen molar-refractivity contribution in [3.8, 4) is 11.4 Å². The molecule has 0 saturated heterocycles. The molecule has 0 spiro atoms. The average molecular weight is 300 g/mol. The minimum atomic E-state index is -4.67. The first kappa shape index (κ1) is 15.2. The molecule has 1 aromatic carbocycles. The molecule has 21 heavy (non-hydrogen) atoms. The van der Waals surface area contributed by atoms with Gasteiger partial charge in [-0.05, 0) is 5.56 Å². The van der Waals surface area contributed by atoms with Crippen LogP contribution in [-0.4, -0.2) is 29.6 Å². The van der Waals surface area contributed by atoms with Gasteiger partial charge in [0.15, 0.2) is 5.78 Å². The van der Waals surface area contributed by atoms with Gasteiger partial charge in [0.1, 0.15) is 6.61 Å². The van der Waals surface area contributed by atoms with E-state index in [2.05, 4.69) is 14.7 Å². The highest BCUT2D eigenvalue weighted by Crippen LogP contribution is 2.29. The van der Waals surface area contributed by atoms with E-state index >= 15 is 0 Å². The molecule has 2 aromatic rings. The Morgan fingerprint density at radius 1 is 1.29 bits per heavy atom. The summed E-state index contributed by atoms with van der Waals surface area (Å²) in [6, 6.07) is 6.29. The van der Waals surface area contributed by atoms with Gasteiger partial charge in [-0.1, -0.05) is 29.4 Å². The van der Waals surface area contributed by atoms with Crippen LogP contribution in [0.3, 0.4) is 0 Å². The Morgan fingerprint density at radius 2 is 1.95 bits per heavy atom. The van der Waals surface area contributed by atoms with Crippen LogP contribution in [0.5, 0.6) is 0 Å². The third-order valence-corrected chi connectivity index (χ3v) is 2.59. The van der Waals surface area contributed by atoms with Gasteiger partial charge < -0.3 is 9.26 Å². The summed E-state index contributed by atoms with van der Waals surface area (Å²) in [7, 11) is 1.43. The second kappa shape index (κ2) is 6.04. The minimum absolute atomic E-state index is 0.0154. The summed E-state index contributed by atoms with van der Waals surface area (Å²) < 4.78 is 45.9. The van der Waals surface area contributed by atoms with Crippen molar-refractivity contribution >= 4 is 5.78 Å². The molecule has 0 fully saturated rings. The summed E-state index contributed by atoms with van der Waals surface area (Å²) in [6.45, 7) is 0.0154. The van der Waals surface area contributed by atoms with E-state index in [1.165, 1.54) is 19.2 Å². The zero-order valence-corrected chi connectivity index (χ0v) is 11.0. The molecule has 0 radical (unpaired) electrons. The maximum atomic E-state index is 12.4. The first-order chi connectivity index (χ1) is 9.90. The lowest BCUT2D eigenvalue weighted by atomic mass is 10.1. The number of aromatic nitrogens is 2. The predicted molar refractivity (Wildman–Crippen MR) is 65.3 cm³/mol. The lowest BCUT2D eigenvalue weighted by molar-refractivity contribution is -0.159. The highest BCUT2D eigenvalue weighted by atomic mass is 19.4. The van der Waals surface area contributed by atoms with Crippen LogP contribution in [0.2, 0.25) is 0 Å². The Hall–Kier alpha value is -2.22. The molecule has 0 aliphatic carbocycles. The highest BCUT2D eigenvalue weighted by Gasteiger charge is 2.38. The molecule has 0 bridgehead atoms. The fourth-order valence-corrected chi connectivity index (χ4v) is 1.67. The number of carbonyl (C=O) groups excluding carboxylic acids is 1. The monoisotopic (exact) mass is 300 g/mol. The van der Waals surface area contributed by atoms with Gasteiger partial charge in [0.2, 0.25) is 5.82 Å². The van der Waals surface area contributed by atoms with Gasteiger partial charge in [0.25, 0.3) is 0 Å². The predicted octanol–water partition coefficient (Wildman–Crippen LogP) is 2.51. The van der Waals surface area contributed by atoms with Crippen LogP contribution in [0.1, 0.15) is 11.5 Å². The Balaban J connectivity index is 2.12. The number of methoxy groups -OCH3 is 1. The van der Waals surface area contributed by atoms with E-state index in [9.17, 15) is 18.0 Å². The van der Waals surface area contributed by atoms with Crippen LogP contribution >= 0.6 is 0 Å². The minimum Gasteiger partial charge on any atom is -0.377 e. The first-order valence-corrected chi connectivity index (χ1v) is 5.91. The molecular weight excluding hydrogens is 289 g/mol. The zero-order chi connectivity index (χ0) is 15.5. The molecular formula is C13H11F3N2O3. The van der Waals surface area contributed by atoms with E-state index in [1.807, 2.05) is 0 Å². The lowest BCUT2D eigenvalue weighted by Crippen LogP contribution is -2.09. The summed E-state index contributed by atoms with van der Waals surface area (Å²) in [4.78, 5) is 14.7. The van der Waals surface area contributed by atoms with E-state index in [0.29, 0.717) is 5.56 Å². The number of carbonyl (C=O) groups is 1. The Bertz CT molecular complexity index is 620. The first-order valence-electron chi connectivity index (χ1n) is 5.91. The Kier molecular flexibility index (Phi) is 4.37. The van der Waals surface area contributed by atoms with E-state index < -0.39 is 12.1 Å². The van der Waals surface area contributed by atoms with E-state index in [-0.39, 0.29) is 24.6 Å². The second-order valence-corrected chi connectivity index (χ2v) is 4.27. The quantitative estimate of drug-likeness (QED) is 0.849. The standard InChI is InChI=1S/C13H11F3N2O3/c1-20-7-10(19)6-8-2-4-9(5-3-8)11-17-12(21-18-11)13(14,15)16/h2-5H,6-7H2,1H3. The number of rotatable bonds is 5. The highest BCUT2D eigenvalue weighted by molar-refractivity contribution is 5.82. The van der Waals surface area contributed by atoms with Crippen molar-refractivity contribution in [1.82, 2.24) is 10.1 Å². The molecule has 0 amide bonds. The normalized spacial score (nSPS) is 11.6. The number of alkyl halides is 3. The van der Waals surface area contributed by atoms with Gasteiger partial charge >= 0.3 is 12.1 Å². The van der Waals surface area contributed by atoms with Crippen LogP contribution < -0.4 is 0 Å². The fraction of sp³-hybridized carbons (Fsp3) is 0.308. The van der Waals surface area contributed by atoms with Crippen LogP contribution in [-0.2, 0) is 22.1 Å². The topological polar surface area (TPSA) is 65.2 Å². The molecule has 0 saturated carbocycles. The molecule has 0 N–H and O–H groups in total. The molecule has 1 heterocycles. The molecule has 1 aromatic heterocycles. The van der Waals surface area contributed by atoms with Gasteiger partial charge in [-0.25, -0.2) is 0 Å². The number of nitrogens with zero attached hydrogens (tertiary/aromatic N) is 2. The van der Waals surface area contributed by atoms with E-state index in [0.717, 1.165) is 5.56 Å². The van der Waals surface area contributed by atoms with Gasteiger partial charge in [-0.3, -0.25) is 4.79 Å². The molecule has 0 aliphatic heterocycles. The summed E-state index contributed by atoms with van der Waals surface area (Å²) in [5, 5.41) is 3.28. The fourth-order valence-electron chi connectivity index (χ4n) is 1.67. The molecule has 0 unspecified atom stereocenters. The van der Waals surface area contributed by atoms with Crippen molar-refractivity contribution in [2.75, 3.05) is 13.7 Å². The summed E-state index contributed by atoms with van der Waals surface area (Å²) >= 11 is 0.